The number of carbonyl (C=O) groups excluding carboxylic acids is 1. The van der Waals surface area contributed by atoms with Crippen molar-refractivity contribution in [3.05, 3.63) is 86.9 Å². The second kappa shape index (κ2) is 8.36. The van der Waals surface area contributed by atoms with Crippen molar-refractivity contribution < 1.29 is 13.2 Å². The number of halogens is 3. The second-order valence-corrected chi connectivity index (χ2v) is 10.3. The highest BCUT2D eigenvalue weighted by molar-refractivity contribution is 7.92. The molecule has 0 radical (unpaired) electrons. The smallest absolute Gasteiger partial charge is 0.264 e. The number of hydrogen-bond donors (Lipinski definition) is 1. The van der Waals surface area contributed by atoms with Gasteiger partial charge in [0.1, 0.15) is 0 Å². The van der Waals surface area contributed by atoms with Crippen LogP contribution in [0.4, 0.5) is 11.4 Å². The number of sulfonamides is 1. The number of fused-ring (bicyclic) bond motifs is 1. The van der Waals surface area contributed by atoms with E-state index in [2.05, 4.69) is 5.32 Å². The van der Waals surface area contributed by atoms with Crippen LogP contribution in [0.5, 0.6) is 0 Å². The number of hydrogen-bond acceptors (Lipinski definition) is 3. The van der Waals surface area contributed by atoms with Gasteiger partial charge in [-0.15, -0.1) is 0 Å². The molecule has 3 aromatic rings. The summed E-state index contributed by atoms with van der Waals surface area (Å²) in [6.07, 6.45) is 0.491. The fraction of sp³-hybridized carbons (Fsp3) is 0.136. The minimum absolute atomic E-state index is 0.163. The van der Waals surface area contributed by atoms with E-state index in [1.807, 2.05) is 6.92 Å². The van der Waals surface area contributed by atoms with Crippen molar-refractivity contribution in [3.63, 3.8) is 0 Å². The fourth-order valence-electron chi connectivity index (χ4n) is 3.62. The minimum Gasteiger partial charge on any atom is -0.321 e. The summed E-state index contributed by atoms with van der Waals surface area (Å²) in [6, 6.07) is 15.5. The standard InChI is InChI=1S/C22H17Cl3N2O3S/c1-13-10-15-11-14(22(28)26-20-8-5-17(24)12-19(20)25)2-9-21(15)27(13)31(29,30)18-6-3-16(23)4-7-18/h2-9,11-13H,10H2,1H3,(H,26,28)/t13-/m1/s1. The van der Waals surface area contributed by atoms with E-state index in [9.17, 15) is 13.2 Å². The van der Waals surface area contributed by atoms with Crippen LogP contribution in [0.15, 0.2) is 65.6 Å². The summed E-state index contributed by atoms with van der Waals surface area (Å²) < 4.78 is 27.8. The van der Waals surface area contributed by atoms with E-state index < -0.39 is 10.0 Å². The van der Waals surface area contributed by atoms with E-state index in [1.165, 1.54) is 16.4 Å². The minimum atomic E-state index is -3.77. The summed E-state index contributed by atoms with van der Waals surface area (Å²) in [5, 5.41) is 4.02. The normalized spacial score (nSPS) is 15.6. The maximum Gasteiger partial charge on any atom is 0.264 e. The largest absolute Gasteiger partial charge is 0.321 e. The summed E-state index contributed by atoms with van der Waals surface area (Å²) in [4.78, 5) is 12.9. The molecule has 1 N–H and O–H groups in total. The van der Waals surface area contributed by atoms with Gasteiger partial charge < -0.3 is 5.32 Å². The van der Waals surface area contributed by atoms with Crippen LogP contribution in [0.1, 0.15) is 22.8 Å². The molecule has 0 aliphatic carbocycles. The Morgan fingerprint density at radius 2 is 1.65 bits per heavy atom. The third-order valence-corrected chi connectivity index (χ3v) is 7.79. The van der Waals surface area contributed by atoms with Crippen molar-refractivity contribution in [2.75, 3.05) is 9.62 Å². The SMILES string of the molecule is C[C@@H]1Cc2cc(C(=O)Nc3ccc(Cl)cc3Cl)ccc2N1S(=O)(=O)c1ccc(Cl)cc1. The van der Waals surface area contributed by atoms with Crippen LogP contribution in [0.25, 0.3) is 0 Å². The van der Waals surface area contributed by atoms with Gasteiger partial charge in [0.15, 0.2) is 0 Å². The second-order valence-electron chi connectivity index (χ2n) is 7.23. The lowest BCUT2D eigenvalue weighted by Gasteiger charge is -2.24. The van der Waals surface area contributed by atoms with E-state index in [0.29, 0.717) is 38.4 Å². The molecule has 0 saturated carbocycles. The average Bonchev–Trinajstić information content (AvgIpc) is 3.06. The molecule has 0 aromatic heterocycles. The average molecular weight is 496 g/mol. The third-order valence-electron chi connectivity index (χ3n) is 5.04. The lowest BCUT2D eigenvalue weighted by molar-refractivity contribution is 0.102. The van der Waals surface area contributed by atoms with E-state index in [0.717, 1.165) is 5.56 Å². The Labute approximate surface area is 195 Å². The highest BCUT2D eigenvalue weighted by Gasteiger charge is 2.36. The van der Waals surface area contributed by atoms with Gasteiger partial charge in [0.25, 0.3) is 15.9 Å². The molecule has 3 aromatic carbocycles. The zero-order valence-electron chi connectivity index (χ0n) is 16.3. The Morgan fingerprint density at radius 1 is 0.968 bits per heavy atom. The van der Waals surface area contributed by atoms with E-state index in [-0.39, 0.29) is 16.8 Å². The number of amides is 1. The molecule has 0 fully saturated rings. The van der Waals surface area contributed by atoms with Gasteiger partial charge in [-0.05, 0) is 79.6 Å². The van der Waals surface area contributed by atoms with Gasteiger partial charge in [-0.1, -0.05) is 34.8 Å². The first-order valence-corrected chi connectivity index (χ1v) is 11.9. The molecule has 1 atom stereocenters. The molecule has 0 spiro atoms. The summed E-state index contributed by atoms with van der Waals surface area (Å²) in [6.45, 7) is 1.83. The molecule has 1 amide bonds. The molecule has 1 heterocycles. The van der Waals surface area contributed by atoms with Crippen molar-refractivity contribution >= 4 is 62.1 Å². The number of nitrogens with zero attached hydrogens (tertiary/aromatic N) is 1. The summed E-state index contributed by atoms with van der Waals surface area (Å²) in [5.74, 6) is -0.348. The molecular weight excluding hydrogens is 479 g/mol. The van der Waals surface area contributed by atoms with Gasteiger partial charge in [-0.25, -0.2) is 8.42 Å². The molecule has 1 aliphatic rings. The number of rotatable bonds is 4. The van der Waals surface area contributed by atoms with Crippen LogP contribution in [0.2, 0.25) is 15.1 Å². The molecule has 0 unspecified atom stereocenters. The fourth-order valence-corrected chi connectivity index (χ4v) is 5.89. The summed E-state index contributed by atoms with van der Waals surface area (Å²) >= 11 is 17.9. The summed E-state index contributed by atoms with van der Waals surface area (Å²) in [5.41, 5.74) is 2.18. The molecule has 9 heteroatoms. The van der Waals surface area contributed by atoms with E-state index in [1.54, 1.807) is 48.5 Å². The van der Waals surface area contributed by atoms with E-state index in [4.69, 9.17) is 34.8 Å². The van der Waals surface area contributed by atoms with Crippen LogP contribution >= 0.6 is 34.8 Å². The zero-order chi connectivity index (χ0) is 22.3. The highest BCUT2D eigenvalue weighted by atomic mass is 35.5. The Morgan fingerprint density at radius 3 is 2.32 bits per heavy atom. The molecule has 0 saturated heterocycles. The number of benzene rings is 3. The predicted octanol–water partition coefficient (Wildman–Crippen LogP) is 6.04. The number of carbonyl (C=O) groups is 1. The Kier molecular flexibility index (Phi) is 5.92. The molecule has 160 valence electrons. The Hall–Kier alpha value is -2.25. The number of anilines is 2. The van der Waals surface area contributed by atoms with Crippen molar-refractivity contribution in [1.29, 1.82) is 0 Å². The van der Waals surface area contributed by atoms with Crippen LogP contribution in [-0.4, -0.2) is 20.4 Å². The molecule has 1 aliphatic heterocycles. The first kappa shape index (κ1) is 22.0. The summed E-state index contributed by atoms with van der Waals surface area (Å²) in [7, 11) is -3.77. The molecule has 4 rings (SSSR count). The van der Waals surface area contributed by atoms with Gasteiger partial charge in [0, 0.05) is 21.7 Å². The van der Waals surface area contributed by atoms with Crippen molar-refractivity contribution in [2.24, 2.45) is 0 Å². The van der Waals surface area contributed by atoms with Gasteiger partial charge >= 0.3 is 0 Å². The third kappa shape index (κ3) is 4.26. The predicted molar refractivity (Wildman–Crippen MR) is 125 cm³/mol. The quantitative estimate of drug-likeness (QED) is 0.480. The van der Waals surface area contributed by atoms with Crippen LogP contribution in [-0.2, 0) is 16.4 Å². The lowest BCUT2D eigenvalue weighted by atomic mass is 10.1. The monoisotopic (exact) mass is 494 g/mol. The van der Waals surface area contributed by atoms with Gasteiger partial charge in [0.05, 0.1) is 21.3 Å². The Bertz CT molecular complexity index is 1280. The first-order valence-electron chi connectivity index (χ1n) is 9.36. The van der Waals surface area contributed by atoms with Crippen molar-refractivity contribution in [3.8, 4) is 0 Å². The zero-order valence-corrected chi connectivity index (χ0v) is 19.4. The van der Waals surface area contributed by atoms with Crippen LogP contribution < -0.4 is 9.62 Å². The van der Waals surface area contributed by atoms with Crippen LogP contribution in [0.3, 0.4) is 0 Å². The van der Waals surface area contributed by atoms with Gasteiger partial charge in [0.2, 0.25) is 0 Å². The maximum absolute atomic E-state index is 13.2. The van der Waals surface area contributed by atoms with Crippen molar-refractivity contribution in [2.45, 2.75) is 24.3 Å². The maximum atomic E-state index is 13.2. The van der Waals surface area contributed by atoms with Crippen LogP contribution in [0, 0.1) is 0 Å². The molecule has 5 nitrogen and oxygen atoms in total. The Balaban J connectivity index is 1.63. The highest BCUT2D eigenvalue weighted by Crippen LogP contribution is 2.37. The number of nitrogens with one attached hydrogen (secondary N) is 1. The molecule has 0 bridgehead atoms. The van der Waals surface area contributed by atoms with Crippen molar-refractivity contribution in [1.82, 2.24) is 0 Å². The van der Waals surface area contributed by atoms with E-state index >= 15 is 0 Å². The molecule has 31 heavy (non-hydrogen) atoms. The lowest BCUT2D eigenvalue weighted by Crippen LogP contribution is -2.35. The van der Waals surface area contributed by atoms with Gasteiger partial charge in [-0.2, -0.15) is 0 Å². The topological polar surface area (TPSA) is 66.5 Å². The first-order chi connectivity index (χ1) is 14.7. The molecular formula is C22H17Cl3N2O3S. The van der Waals surface area contributed by atoms with Gasteiger partial charge in [-0.3, -0.25) is 9.10 Å².